The van der Waals surface area contributed by atoms with Gasteiger partial charge < -0.3 is 10.8 Å². The molecule has 4 heterocycles. The largest absolute Gasteiger partial charge is 0.508 e. The molecule has 1 saturated carbocycles. The van der Waals surface area contributed by atoms with Gasteiger partial charge in [-0.1, -0.05) is 41.4 Å². The highest BCUT2D eigenvalue weighted by Gasteiger charge is 2.68. The number of nitrogens with two attached hydrogens (primary N) is 1. The number of rotatable bonds is 3. The van der Waals surface area contributed by atoms with Crippen LogP contribution in [0.4, 0.5) is 10.6 Å². The van der Waals surface area contributed by atoms with Crippen molar-refractivity contribution in [2.24, 2.45) is 41.9 Å². The molecule has 6 unspecified atom stereocenters. The number of phenolic OH excluding ortho intramolecular Hbond substituents is 1. The second-order valence-corrected chi connectivity index (χ2v) is 14.8. The fourth-order valence-electron chi connectivity index (χ4n) is 8.74. The van der Waals surface area contributed by atoms with Crippen molar-refractivity contribution in [3.05, 3.63) is 76.3 Å². The van der Waals surface area contributed by atoms with Gasteiger partial charge in [0.25, 0.3) is 0 Å². The van der Waals surface area contributed by atoms with E-state index in [0.717, 1.165) is 20.5 Å². The summed E-state index contributed by atoms with van der Waals surface area (Å²) in [5.41, 5.74) is 6.80. The molecule has 13 heteroatoms. The number of anilines is 1. The number of amides is 6. The third kappa shape index (κ3) is 3.93. The molecule has 6 atom stereocenters. The second kappa shape index (κ2) is 10.3. The number of urea groups is 1. The van der Waals surface area contributed by atoms with Crippen LogP contribution in [-0.4, -0.2) is 49.4 Å². The number of primary amides is 1. The molecule has 2 saturated heterocycles. The molecular formula is C35H30ClN5O6S. The van der Waals surface area contributed by atoms with Gasteiger partial charge >= 0.3 is 6.03 Å². The summed E-state index contributed by atoms with van der Waals surface area (Å²) in [5.74, 6) is -6.10. The highest BCUT2D eigenvalue weighted by atomic mass is 35.5. The quantitative estimate of drug-likeness (QED) is 0.220. The van der Waals surface area contributed by atoms with Crippen molar-refractivity contribution in [1.82, 2.24) is 14.7 Å². The first-order chi connectivity index (χ1) is 22.8. The van der Waals surface area contributed by atoms with Crippen LogP contribution < -0.4 is 10.6 Å². The van der Waals surface area contributed by atoms with E-state index in [1.807, 2.05) is 31.2 Å². The first-order valence-corrected chi connectivity index (χ1v) is 16.8. The molecule has 2 aliphatic carbocycles. The summed E-state index contributed by atoms with van der Waals surface area (Å²) in [5, 5.41) is 17.5. The van der Waals surface area contributed by atoms with Gasteiger partial charge in [0, 0.05) is 34.3 Å². The van der Waals surface area contributed by atoms with Crippen LogP contribution in [0.5, 0.6) is 5.75 Å². The molecule has 3 N–H and O–H groups in total. The number of aromatic nitrogens is 2. The minimum absolute atomic E-state index is 0.0550. The number of thiophene rings is 1. The predicted octanol–water partition coefficient (Wildman–Crippen LogP) is 5.28. The molecule has 2 aromatic heterocycles. The van der Waals surface area contributed by atoms with Crippen molar-refractivity contribution >= 4 is 68.5 Å². The van der Waals surface area contributed by atoms with Crippen LogP contribution in [0, 0.1) is 36.0 Å². The summed E-state index contributed by atoms with van der Waals surface area (Å²) in [6, 6.07) is 12.9. The molecule has 8 rings (SSSR count). The molecule has 48 heavy (non-hydrogen) atoms. The zero-order chi connectivity index (χ0) is 34.0. The highest BCUT2D eigenvalue weighted by Crippen LogP contribution is 2.64. The molecule has 0 radical (unpaired) electrons. The van der Waals surface area contributed by atoms with Gasteiger partial charge in [0.15, 0.2) is 0 Å². The maximum Gasteiger partial charge on any atom is 0.328 e. The number of carbonyl (C=O) groups excluding carboxylic acids is 5. The zero-order valence-corrected chi connectivity index (χ0v) is 27.7. The van der Waals surface area contributed by atoms with E-state index < -0.39 is 64.7 Å². The Balaban J connectivity index is 1.25. The zero-order valence-electron chi connectivity index (χ0n) is 26.1. The van der Waals surface area contributed by atoms with Crippen LogP contribution >= 0.6 is 22.9 Å². The molecular weight excluding hydrogens is 654 g/mol. The van der Waals surface area contributed by atoms with Crippen molar-refractivity contribution in [2.45, 2.75) is 32.6 Å². The van der Waals surface area contributed by atoms with Crippen molar-refractivity contribution in [2.75, 3.05) is 4.90 Å². The average molecular weight is 684 g/mol. The SMILES string of the molecule is Cc1c(-c2cc(N3C(=O)C4CC5C(=CCC6C(=O)N(C(N)=O)C(=O)C65)C(c5ccccc5O)C4(C)C3=O)n(C)n2)sc2ccc(Cl)cc12. The van der Waals surface area contributed by atoms with Gasteiger partial charge in [0.2, 0.25) is 23.6 Å². The lowest BCUT2D eigenvalue weighted by Crippen LogP contribution is -2.49. The van der Waals surface area contributed by atoms with E-state index in [-0.39, 0.29) is 18.6 Å². The summed E-state index contributed by atoms with van der Waals surface area (Å²) >= 11 is 7.81. The number of carbonyl (C=O) groups is 5. The Hall–Kier alpha value is -4.81. The van der Waals surface area contributed by atoms with E-state index in [0.29, 0.717) is 32.6 Å². The smallest absolute Gasteiger partial charge is 0.328 e. The van der Waals surface area contributed by atoms with Gasteiger partial charge in [0.05, 0.1) is 28.0 Å². The van der Waals surface area contributed by atoms with Crippen LogP contribution in [-0.2, 0) is 26.2 Å². The van der Waals surface area contributed by atoms with Crippen molar-refractivity contribution in [1.29, 1.82) is 0 Å². The van der Waals surface area contributed by atoms with Crippen molar-refractivity contribution < 1.29 is 29.1 Å². The number of phenols is 1. The molecule has 2 aromatic carbocycles. The van der Waals surface area contributed by atoms with Gasteiger partial charge in [0.1, 0.15) is 17.3 Å². The maximum atomic E-state index is 14.8. The molecule has 0 spiro atoms. The number of benzene rings is 2. The summed E-state index contributed by atoms with van der Waals surface area (Å²) in [6.45, 7) is 3.72. The minimum atomic E-state index is -1.35. The number of hydrogen-bond donors (Lipinski definition) is 2. The molecule has 4 aliphatic rings. The number of nitrogens with zero attached hydrogens (tertiary/aromatic N) is 4. The van der Waals surface area contributed by atoms with E-state index in [2.05, 4.69) is 0 Å². The van der Waals surface area contributed by atoms with E-state index in [4.69, 9.17) is 22.4 Å². The molecule has 4 aromatic rings. The number of aromatic hydroxyl groups is 1. The lowest BCUT2D eigenvalue weighted by Gasteiger charge is -2.49. The highest BCUT2D eigenvalue weighted by molar-refractivity contribution is 7.22. The van der Waals surface area contributed by atoms with Crippen LogP contribution in [0.3, 0.4) is 0 Å². The normalized spacial score (nSPS) is 28.2. The number of aryl methyl sites for hydroxylation is 2. The monoisotopic (exact) mass is 683 g/mol. The van der Waals surface area contributed by atoms with Crippen LogP contribution in [0.15, 0.2) is 60.2 Å². The Labute approximate surface area is 283 Å². The number of fused-ring (bicyclic) bond motifs is 5. The van der Waals surface area contributed by atoms with Crippen LogP contribution in [0.1, 0.15) is 36.8 Å². The Morgan fingerprint density at radius 3 is 2.54 bits per heavy atom. The summed E-state index contributed by atoms with van der Waals surface area (Å²) in [7, 11) is 1.68. The lowest BCUT2D eigenvalue weighted by atomic mass is 9.51. The number of imide groups is 4. The van der Waals surface area contributed by atoms with Crippen molar-refractivity contribution in [3.63, 3.8) is 0 Å². The summed E-state index contributed by atoms with van der Waals surface area (Å²) < 4.78 is 2.55. The van der Waals surface area contributed by atoms with Crippen LogP contribution in [0.2, 0.25) is 5.02 Å². The van der Waals surface area contributed by atoms with Gasteiger partial charge in [-0.05, 0) is 67.8 Å². The van der Waals surface area contributed by atoms with Gasteiger partial charge in [-0.25, -0.2) is 9.69 Å². The van der Waals surface area contributed by atoms with Gasteiger partial charge in [-0.2, -0.15) is 10.00 Å². The Kier molecular flexibility index (Phi) is 6.58. The molecule has 0 bridgehead atoms. The molecule has 6 amide bonds. The average Bonchev–Trinajstić information content (AvgIpc) is 3.71. The predicted molar refractivity (Wildman–Crippen MR) is 178 cm³/mol. The van der Waals surface area contributed by atoms with E-state index >= 15 is 0 Å². The lowest BCUT2D eigenvalue weighted by molar-refractivity contribution is -0.136. The molecule has 244 valence electrons. The van der Waals surface area contributed by atoms with Gasteiger partial charge in [-0.3, -0.25) is 23.9 Å². The number of allylic oxidation sites excluding steroid dienone is 2. The maximum absolute atomic E-state index is 14.8. The fourth-order valence-corrected chi connectivity index (χ4v) is 10.1. The standard InChI is InChI=1S/C35H30ClN5O6S/c1-15-20-12-16(36)8-11-25(20)48-29(15)23-14-26(39(3)38-23)40-31(44)22-13-21-17(9-10-19-27(21)32(45)41(30(19)43)34(37)47)28(35(22,2)33(40)46)18-6-4-5-7-24(18)42/h4-9,11-12,14,19,21-22,27-28,42H,10,13H2,1-3H3,(H2,37,47). The Morgan fingerprint density at radius 2 is 1.81 bits per heavy atom. The molecule has 2 aliphatic heterocycles. The number of para-hydroxylation sites is 1. The Bertz CT molecular complexity index is 2190. The third-order valence-electron chi connectivity index (χ3n) is 11.0. The minimum Gasteiger partial charge on any atom is -0.508 e. The van der Waals surface area contributed by atoms with Crippen LogP contribution in [0.25, 0.3) is 20.7 Å². The van der Waals surface area contributed by atoms with Crippen molar-refractivity contribution in [3.8, 4) is 16.3 Å². The second-order valence-electron chi connectivity index (χ2n) is 13.3. The first-order valence-electron chi connectivity index (χ1n) is 15.6. The topological polar surface area (TPSA) is 156 Å². The third-order valence-corrected chi connectivity index (χ3v) is 12.5. The number of likely N-dealkylation sites (tertiary alicyclic amines) is 1. The molecule has 3 fully saturated rings. The van der Waals surface area contributed by atoms with E-state index in [1.54, 1.807) is 49.6 Å². The summed E-state index contributed by atoms with van der Waals surface area (Å²) in [4.78, 5) is 70.9. The summed E-state index contributed by atoms with van der Waals surface area (Å²) in [6.07, 6.45) is 2.10. The fraction of sp³-hybridized carbons (Fsp3) is 0.314. The van der Waals surface area contributed by atoms with E-state index in [1.165, 1.54) is 15.6 Å². The first kappa shape index (κ1) is 30.5. The number of halogens is 1. The Morgan fingerprint density at radius 1 is 1.06 bits per heavy atom. The van der Waals surface area contributed by atoms with Gasteiger partial charge in [-0.15, -0.1) is 11.3 Å². The number of hydrogen-bond acceptors (Lipinski definition) is 8. The van der Waals surface area contributed by atoms with E-state index in [9.17, 15) is 29.1 Å². The molecule has 11 nitrogen and oxygen atoms in total.